The zero-order valence-corrected chi connectivity index (χ0v) is 13.5. The molecule has 0 aliphatic heterocycles. The molecular weight excluding hydrogens is 345 g/mol. The van der Waals surface area contributed by atoms with Crippen molar-refractivity contribution in [2.24, 2.45) is 0 Å². The molecule has 3 rings (SSSR count). The molecule has 0 saturated carbocycles. The molecular formula is C16H10Cl3NO2. The van der Waals surface area contributed by atoms with Gasteiger partial charge in [0.2, 0.25) is 0 Å². The minimum atomic E-state index is -1.06. The van der Waals surface area contributed by atoms with Crippen molar-refractivity contribution in [3.05, 3.63) is 68.8 Å². The van der Waals surface area contributed by atoms with E-state index in [0.717, 1.165) is 11.1 Å². The van der Waals surface area contributed by atoms with E-state index >= 15 is 0 Å². The maximum atomic E-state index is 11.5. The van der Waals surface area contributed by atoms with Gasteiger partial charge in [0.05, 0.1) is 12.1 Å². The lowest BCUT2D eigenvalue weighted by Gasteiger charge is -2.09. The number of rotatable bonds is 3. The normalized spacial score (nSPS) is 11.0. The number of hydrogen-bond acceptors (Lipinski definition) is 1. The Balaban J connectivity index is 2.21. The third-order valence-electron chi connectivity index (χ3n) is 3.46. The maximum absolute atomic E-state index is 11.5. The fourth-order valence-electron chi connectivity index (χ4n) is 2.47. The Bertz CT molecular complexity index is 886. The third-order valence-corrected chi connectivity index (χ3v) is 4.45. The number of carbonyl (C=O) groups is 1. The van der Waals surface area contributed by atoms with Gasteiger partial charge in [0.1, 0.15) is 10.7 Å². The van der Waals surface area contributed by atoms with Crippen LogP contribution >= 0.6 is 34.8 Å². The number of carboxylic acids is 1. The van der Waals surface area contributed by atoms with Crippen LogP contribution < -0.4 is 0 Å². The fourth-order valence-corrected chi connectivity index (χ4v) is 3.17. The van der Waals surface area contributed by atoms with Crippen LogP contribution in [0.25, 0.3) is 10.9 Å². The zero-order valence-electron chi connectivity index (χ0n) is 11.2. The van der Waals surface area contributed by atoms with Crippen molar-refractivity contribution in [1.82, 2.24) is 4.57 Å². The Morgan fingerprint density at radius 1 is 1.09 bits per heavy atom. The second-order valence-electron chi connectivity index (χ2n) is 4.81. The summed E-state index contributed by atoms with van der Waals surface area (Å²) in [5, 5.41) is 11.3. The molecule has 0 bridgehead atoms. The second-order valence-corrected chi connectivity index (χ2v) is 6.01. The average Bonchev–Trinajstić information content (AvgIpc) is 2.76. The van der Waals surface area contributed by atoms with E-state index in [1.165, 1.54) is 0 Å². The molecule has 0 aliphatic rings. The molecule has 0 radical (unpaired) electrons. The first-order valence-corrected chi connectivity index (χ1v) is 7.56. The van der Waals surface area contributed by atoms with Crippen LogP contribution in [0, 0.1) is 0 Å². The maximum Gasteiger partial charge on any atom is 0.339 e. The first-order valence-electron chi connectivity index (χ1n) is 6.43. The number of carboxylic acid groups (broad SMARTS) is 1. The largest absolute Gasteiger partial charge is 0.478 e. The fraction of sp³-hybridized carbons (Fsp3) is 0.0625. The molecule has 3 aromatic rings. The lowest BCUT2D eigenvalue weighted by molar-refractivity contribution is 0.0699. The highest BCUT2D eigenvalue weighted by Gasteiger charge is 2.21. The summed E-state index contributed by atoms with van der Waals surface area (Å²) in [5.41, 5.74) is 1.60. The van der Waals surface area contributed by atoms with Gasteiger partial charge in [-0.2, -0.15) is 0 Å². The molecule has 1 aromatic heterocycles. The van der Waals surface area contributed by atoms with E-state index in [1.54, 1.807) is 34.9 Å². The predicted octanol–water partition coefficient (Wildman–Crippen LogP) is 5.35. The molecule has 0 amide bonds. The van der Waals surface area contributed by atoms with Crippen LogP contribution in [-0.2, 0) is 6.54 Å². The van der Waals surface area contributed by atoms with Gasteiger partial charge in [-0.25, -0.2) is 4.79 Å². The lowest BCUT2D eigenvalue weighted by atomic mass is 10.2. The number of para-hydroxylation sites is 1. The van der Waals surface area contributed by atoms with Crippen molar-refractivity contribution in [1.29, 1.82) is 0 Å². The van der Waals surface area contributed by atoms with E-state index in [4.69, 9.17) is 34.8 Å². The third kappa shape index (κ3) is 2.56. The Labute approximate surface area is 141 Å². The SMILES string of the molecule is O=C(O)c1c(Cl)n(Cc2cc(Cl)ccc2Cl)c2ccccc12. The molecule has 0 spiro atoms. The molecule has 3 nitrogen and oxygen atoms in total. The van der Waals surface area contributed by atoms with Gasteiger partial charge >= 0.3 is 5.97 Å². The number of aromatic nitrogens is 1. The monoisotopic (exact) mass is 353 g/mol. The number of aromatic carboxylic acids is 1. The minimum Gasteiger partial charge on any atom is -0.478 e. The van der Waals surface area contributed by atoms with Crippen molar-refractivity contribution in [3.63, 3.8) is 0 Å². The van der Waals surface area contributed by atoms with Crippen LogP contribution in [0.15, 0.2) is 42.5 Å². The lowest BCUT2D eigenvalue weighted by Crippen LogP contribution is -2.02. The van der Waals surface area contributed by atoms with E-state index in [-0.39, 0.29) is 10.7 Å². The molecule has 22 heavy (non-hydrogen) atoms. The van der Waals surface area contributed by atoms with Crippen LogP contribution in [0.1, 0.15) is 15.9 Å². The van der Waals surface area contributed by atoms with Gasteiger partial charge in [-0.3, -0.25) is 0 Å². The van der Waals surface area contributed by atoms with Crippen molar-refractivity contribution >= 4 is 51.7 Å². The summed E-state index contributed by atoms with van der Waals surface area (Å²) in [6.07, 6.45) is 0. The number of hydrogen-bond donors (Lipinski definition) is 1. The smallest absolute Gasteiger partial charge is 0.339 e. The van der Waals surface area contributed by atoms with Crippen molar-refractivity contribution in [2.45, 2.75) is 6.54 Å². The summed E-state index contributed by atoms with van der Waals surface area (Å²) in [6.45, 7) is 0.339. The first-order chi connectivity index (χ1) is 10.5. The van der Waals surface area contributed by atoms with E-state index < -0.39 is 5.97 Å². The molecule has 6 heteroatoms. The summed E-state index contributed by atoms with van der Waals surface area (Å²) < 4.78 is 1.72. The molecule has 0 saturated heterocycles. The van der Waals surface area contributed by atoms with Crippen molar-refractivity contribution in [2.75, 3.05) is 0 Å². The van der Waals surface area contributed by atoms with E-state index in [1.807, 2.05) is 12.1 Å². The molecule has 112 valence electrons. The van der Waals surface area contributed by atoms with Crippen LogP contribution in [0.2, 0.25) is 15.2 Å². The summed E-state index contributed by atoms with van der Waals surface area (Å²) in [6, 6.07) is 12.3. The average molecular weight is 355 g/mol. The molecule has 0 aliphatic carbocycles. The summed E-state index contributed by atoms with van der Waals surface area (Å²) >= 11 is 18.5. The Hall–Kier alpha value is -1.68. The zero-order chi connectivity index (χ0) is 15.9. The summed E-state index contributed by atoms with van der Waals surface area (Å²) in [4.78, 5) is 11.5. The quantitative estimate of drug-likeness (QED) is 0.689. The van der Waals surface area contributed by atoms with Crippen LogP contribution in [0.3, 0.4) is 0 Å². The summed E-state index contributed by atoms with van der Waals surface area (Å²) in [5.74, 6) is -1.06. The highest BCUT2D eigenvalue weighted by Crippen LogP contribution is 2.32. The Morgan fingerprint density at radius 3 is 2.55 bits per heavy atom. The standard InChI is InChI=1S/C16H10Cl3NO2/c17-10-5-6-12(18)9(7-10)8-20-13-4-2-1-3-11(13)14(15(20)19)16(21)22/h1-7H,8H2,(H,21,22). The van der Waals surface area contributed by atoms with E-state index in [9.17, 15) is 9.90 Å². The highest BCUT2D eigenvalue weighted by atomic mass is 35.5. The van der Waals surface area contributed by atoms with Gasteiger partial charge in [-0.05, 0) is 29.8 Å². The van der Waals surface area contributed by atoms with Gasteiger partial charge in [-0.15, -0.1) is 0 Å². The first kappa shape index (κ1) is 15.2. The molecule has 0 fully saturated rings. The number of fused-ring (bicyclic) bond motifs is 1. The van der Waals surface area contributed by atoms with Crippen molar-refractivity contribution in [3.8, 4) is 0 Å². The molecule has 1 N–H and O–H groups in total. The van der Waals surface area contributed by atoms with Gasteiger partial charge in [0.15, 0.2) is 0 Å². The predicted molar refractivity (Wildman–Crippen MR) is 89.5 cm³/mol. The Kier molecular flexibility index (Phi) is 4.04. The van der Waals surface area contributed by atoms with Crippen LogP contribution in [0.5, 0.6) is 0 Å². The summed E-state index contributed by atoms with van der Waals surface area (Å²) in [7, 11) is 0. The van der Waals surface area contributed by atoms with E-state index in [2.05, 4.69) is 0 Å². The number of nitrogens with zero attached hydrogens (tertiary/aromatic N) is 1. The number of benzene rings is 2. The van der Waals surface area contributed by atoms with Gasteiger partial charge in [0, 0.05) is 15.4 Å². The van der Waals surface area contributed by atoms with Gasteiger partial charge in [0.25, 0.3) is 0 Å². The number of halogens is 3. The minimum absolute atomic E-state index is 0.0930. The van der Waals surface area contributed by atoms with E-state index in [0.29, 0.717) is 22.0 Å². The topological polar surface area (TPSA) is 42.2 Å². The molecule has 0 unspecified atom stereocenters. The molecule has 1 heterocycles. The molecule has 0 atom stereocenters. The van der Waals surface area contributed by atoms with Crippen LogP contribution in [0.4, 0.5) is 0 Å². The second kappa shape index (κ2) is 5.84. The molecule has 2 aromatic carbocycles. The van der Waals surface area contributed by atoms with Crippen LogP contribution in [-0.4, -0.2) is 15.6 Å². The Morgan fingerprint density at radius 2 is 1.82 bits per heavy atom. The highest BCUT2D eigenvalue weighted by molar-refractivity contribution is 6.35. The van der Waals surface area contributed by atoms with Crippen molar-refractivity contribution < 1.29 is 9.90 Å². The van der Waals surface area contributed by atoms with Gasteiger partial charge in [-0.1, -0.05) is 53.0 Å². The van der Waals surface area contributed by atoms with Gasteiger partial charge < -0.3 is 9.67 Å².